The number of nitrogens with one attached hydrogen (secondary N) is 5. The number of anilines is 1. The Labute approximate surface area is 210 Å². The molecule has 1 aliphatic heterocycles. The van der Waals surface area contributed by atoms with Crippen molar-refractivity contribution < 1.29 is 4.84 Å². The van der Waals surface area contributed by atoms with Crippen molar-refractivity contribution >= 4 is 11.7 Å². The number of hydrogen-bond acceptors (Lipinski definition) is 8. The second-order valence-corrected chi connectivity index (χ2v) is 9.32. The van der Waals surface area contributed by atoms with E-state index >= 15 is 0 Å². The molecule has 0 bridgehead atoms. The van der Waals surface area contributed by atoms with Crippen molar-refractivity contribution in [1.29, 1.82) is 0 Å². The van der Waals surface area contributed by atoms with Crippen molar-refractivity contribution in [2.75, 3.05) is 38.0 Å². The van der Waals surface area contributed by atoms with Crippen LogP contribution in [0.2, 0.25) is 0 Å². The first-order valence-electron chi connectivity index (χ1n) is 12.6. The Morgan fingerprint density at radius 3 is 2.63 bits per heavy atom. The first-order valence-corrected chi connectivity index (χ1v) is 12.6. The molecule has 0 amide bonds. The highest BCUT2D eigenvalue weighted by Crippen LogP contribution is 2.15. The second-order valence-electron chi connectivity index (χ2n) is 9.32. The molecule has 1 aromatic heterocycles. The van der Waals surface area contributed by atoms with Gasteiger partial charge in [0.2, 0.25) is 0 Å². The smallest absolute Gasteiger partial charge is 0.153 e. The molecule has 0 radical (unpaired) electrons. The third-order valence-corrected chi connectivity index (χ3v) is 5.77. The molecule has 7 N–H and O–H groups in total. The number of rotatable bonds is 15. The largest absolute Gasteiger partial charge is 0.411 e. The van der Waals surface area contributed by atoms with Crippen LogP contribution < -0.4 is 27.2 Å². The highest BCUT2D eigenvalue weighted by Gasteiger charge is 2.19. The van der Waals surface area contributed by atoms with E-state index in [2.05, 4.69) is 95.7 Å². The Bertz CT molecular complexity index is 881. The Balaban J connectivity index is 2.01. The third kappa shape index (κ3) is 10.0. The van der Waals surface area contributed by atoms with E-state index < -0.39 is 0 Å². The van der Waals surface area contributed by atoms with Gasteiger partial charge < -0.3 is 31.4 Å². The lowest BCUT2D eigenvalue weighted by atomic mass is 10.1. The summed E-state index contributed by atoms with van der Waals surface area (Å²) in [6.07, 6.45) is 4.83. The average Bonchev–Trinajstić information content (AvgIpc) is 3.47. The van der Waals surface area contributed by atoms with E-state index in [0.29, 0.717) is 41.7 Å². The molecule has 0 saturated heterocycles. The Morgan fingerprint density at radius 1 is 1.29 bits per heavy atom. The van der Waals surface area contributed by atoms with Crippen LogP contribution in [0.15, 0.2) is 47.2 Å². The van der Waals surface area contributed by atoms with Crippen LogP contribution in [0.5, 0.6) is 0 Å². The zero-order valence-corrected chi connectivity index (χ0v) is 22.2. The molecule has 1 aromatic rings. The monoisotopic (exact) mass is 487 g/mol. The summed E-state index contributed by atoms with van der Waals surface area (Å²) in [7, 11) is 0. The van der Waals surface area contributed by atoms with Gasteiger partial charge in [0, 0.05) is 24.4 Å². The number of aromatic amines is 1. The maximum absolute atomic E-state index is 6.26. The summed E-state index contributed by atoms with van der Waals surface area (Å²) in [6.45, 7) is 21.3. The Hall–Kier alpha value is -2.98. The molecule has 1 atom stereocenters. The molecule has 35 heavy (non-hydrogen) atoms. The maximum atomic E-state index is 6.26. The average molecular weight is 488 g/mol. The number of hydrogen-bond donors (Lipinski definition) is 6. The van der Waals surface area contributed by atoms with E-state index in [4.69, 9.17) is 10.6 Å². The molecule has 10 nitrogen and oxygen atoms in total. The third-order valence-electron chi connectivity index (χ3n) is 5.77. The minimum atomic E-state index is 0.207. The molecule has 0 aliphatic carbocycles. The van der Waals surface area contributed by atoms with Crippen LogP contribution in [-0.4, -0.2) is 59.7 Å². The van der Waals surface area contributed by atoms with Gasteiger partial charge in [-0.2, -0.15) is 5.10 Å². The fourth-order valence-corrected chi connectivity index (χ4v) is 3.42. The van der Waals surface area contributed by atoms with Gasteiger partial charge in [-0.05, 0) is 44.0 Å². The fraction of sp³-hybridized carbons (Fsp3) is 0.600. The molecular weight excluding hydrogens is 442 g/mol. The highest BCUT2D eigenvalue weighted by molar-refractivity contribution is 5.94. The van der Waals surface area contributed by atoms with E-state index in [1.165, 1.54) is 0 Å². The lowest BCUT2D eigenvalue weighted by Gasteiger charge is -2.18. The van der Waals surface area contributed by atoms with Crippen molar-refractivity contribution in [3.05, 3.63) is 47.9 Å². The van der Waals surface area contributed by atoms with Crippen molar-refractivity contribution in [1.82, 2.24) is 31.2 Å². The Morgan fingerprint density at radius 2 is 2.03 bits per heavy atom. The molecule has 0 aromatic carbocycles. The van der Waals surface area contributed by atoms with Crippen molar-refractivity contribution in [2.45, 2.75) is 59.9 Å². The number of amidine groups is 1. The zero-order chi connectivity index (χ0) is 25.8. The number of nitrogens with zero attached hydrogens (tertiary/aromatic N) is 3. The van der Waals surface area contributed by atoms with Crippen LogP contribution in [-0.2, 0) is 4.84 Å². The van der Waals surface area contributed by atoms with Gasteiger partial charge in [0.15, 0.2) is 5.82 Å². The number of hydroxylamine groups is 1. The van der Waals surface area contributed by atoms with Crippen LogP contribution in [0.3, 0.4) is 0 Å². The summed E-state index contributed by atoms with van der Waals surface area (Å²) >= 11 is 0. The van der Waals surface area contributed by atoms with Gasteiger partial charge in [-0.25, -0.2) is 4.99 Å². The van der Waals surface area contributed by atoms with E-state index in [-0.39, 0.29) is 6.04 Å². The van der Waals surface area contributed by atoms with E-state index in [9.17, 15) is 0 Å². The van der Waals surface area contributed by atoms with Crippen molar-refractivity contribution in [2.24, 2.45) is 16.6 Å². The fourth-order valence-electron chi connectivity index (χ4n) is 3.42. The summed E-state index contributed by atoms with van der Waals surface area (Å²) < 4.78 is 0. The molecule has 0 spiro atoms. The first-order chi connectivity index (χ1) is 16.7. The van der Waals surface area contributed by atoms with Gasteiger partial charge in [0.05, 0.1) is 12.6 Å². The minimum Gasteiger partial charge on any atom is -0.411 e. The maximum Gasteiger partial charge on any atom is 0.153 e. The predicted octanol–water partition coefficient (Wildman–Crippen LogP) is 2.97. The summed E-state index contributed by atoms with van der Waals surface area (Å²) in [5, 5.41) is 17.0. The van der Waals surface area contributed by atoms with Gasteiger partial charge in [-0.3, -0.25) is 5.10 Å². The van der Waals surface area contributed by atoms with Crippen molar-refractivity contribution in [3.8, 4) is 0 Å². The van der Waals surface area contributed by atoms with Gasteiger partial charge >= 0.3 is 0 Å². The highest BCUT2D eigenvalue weighted by atomic mass is 16.7. The van der Waals surface area contributed by atoms with Crippen LogP contribution in [0.4, 0.5) is 5.82 Å². The molecule has 2 rings (SSSR count). The topological polar surface area (TPSA) is 128 Å². The summed E-state index contributed by atoms with van der Waals surface area (Å²) in [4.78, 5) is 12.6. The van der Waals surface area contributed by atoms with E-state index in [1.807, 2.05) is 6.07 Å². The number of H-pyrrole nitrogens is 1. The predicted molar refractivity (Wildman–Crippen MR) is 144 cm³/mol. The van der Waals surface area contributed by atoms with Crippen LogP contribution in [0, 0.1) is 5.92 Å². The molecular formula is C25H45N9O. The van der Waals surface area contributed by atoms with Crippen LogP contribution in [0.25, 0.3) is 0 Å². The number of aliphatic imine (C=N–C) groups is 1. The lowest BCUT2D eigenvalue weighted by molar-refractivity contribution is 0.102. The number of aromatic nitrogens is 2. The standard InChI is InChI=1S/C25H45N9O/c1-8-34(9-2)12-10-11-27-24(15-23(26)30-25-14-21(17(3)4)31-32-25)29-19(7)28-16-20-13-22(18(5)6)33-35-20/h13-15,17-18,22,28,33H,7-12,16,26H2,1-6H3,(H,27,29)(H2,30,31,32)/b23-15+. The summed E-state index contributed by atoms with van der Waals surface area (Å²) in [5.74, 6) is 3.86. The van der Waals surface area contributed by atoms with Gasteiger partial charge in [-0.15, -0.1) is 5.48 Å². The first kappa shape index (κ1) is 28.3. The molecule has 10 heteroatoms. The summed E-state index contributed by atoms with van der Waals surface area (Å²) in [5.41, 5.74) is 10.3. The molecule has 0 saturated carbocycles. The van der Waals surface area contributed by atoms with Crippen LogP contribution >= 0.6 is 0 Å². The van der Waals surface area contributed by atoms with E-state index in [0.717, 1.165) is 44.1 Å². The van der Waals surface area contributed by atoms with Gasteiger partial charge in [0.1, 0.15) is 23.2 Å². The molecule has 1 unspecified atom stereocenters. The SMILES string of the molecule is C=C(/N=C(\C=C(/N)Nc1cc(C(C)C)[nH]n1)NCCCN(CC)CC)NCC1=CC(C(C)C)NO1. The van der Waals surface area contributed by atoms with Crippen molar-refractivity contribution in [3.63, 3.8) is 0 Å². The second kappa shape index (κ2) is 14.4. The zero-order valence-electron chi connectivity index (χ0n) is 22.2. The molecule has 196 valence electrons. The van der Waals surface area contributed by atoms with Crippen LogP contribution in [0.1, 0.15) is 59.6 Å². The minimum absolute atomic E-state index is 0.207. The molecule has 1 aliphatic rings. The summed E-state index contributed by atoms with van der Waals surface area (Å²) in [6, 6.07) is 2.16. The molecule has 0 fully saturated rings. The number of nitrogens with two attached hydrogens (primary N) is 1. The normalized spacial score (nSPS) is 16.6. The van der Waals surface area contributed by atoms with Gasteiger partial charge in [0.25, 0.3) is 0 Å². The lowest BCUT2D eigenvalue weighted by Crippen LogP contribution is -2.30. The quantitative estimate of drug-likeness (QED) is 0.127. The van der Waals surface area contributed by atoms with E-state index in [1.54, 1.807) is 6.08 Å². The Kier molecular flexibility index (Phi) is 11.6. The van der Waals surface area contributed by atoms with Gasteiger partial charge in [-0.1, -0.05) is 48.1 Å². The molecule has 2 heterocycles.